The van der Waals surface area contributed by atoms with Crippen molar-refractivity contribution in [1.29, 1.82) is 0 Å². The summed E-state index contributed by atoms with van der Waals surface area (Å²) in [7, 11) is 0. The number of nitrogens with zero attached hydrogens (tertiary/aromatic N) is 5. The largest absolute Gasteiger partial charge is 0.320 e. The Labute approximate surface area is 233 Å². The highest BCUT2D eigenvalue weighted by molar-refractivity contribution is 7.21. The highest BCUT2D eigenvalue weighted by atomic mass is 32.1. The van der Waals surface area contributed by atoms with Gasteiger partial charge < -0.3 is 5.32 Å². The van der Waals surface area contributed by atoms with E-state index in [1.54, 1.807) is 23.6 Å². The molecule has 6 aromatic rings. The molecule has 9 heteroatoms. The number of benzene rings is 2. The number of fused-ring (bicyclic) bond motifs is 1. The topological polar surface area (TPSA) is 93.6 Å². The second-order valence-electron chi connectivity index (χ2n) is 8.99. The molecule has 6 rings (SSSR count). The number of amides is 1. The first-order chi connectivity index (χ1) is 19.1. The molecule has 0 saturated carbocycles. The first-order valence-electron chi connectivity index (χ1n) is 12.6. The van der Waals surface area contributed by atoms with Gasteiger partial charge in [0.25, 0.3) is 5.91 Å². The van der Waals surface area contributed by atoms with Crippen molar-refractivity contribution in [2.75, 3.05) is 5.32 Å². The maximum Gasteiger partial charge on any atom is 0.274 e. The Balaban J connectivity index is 1.28. The van der Waals surface area contributed by atoms with Gasteiger partial charge in [0.05, 0.1) is 16.4 Å². The third-order valence-corrected chi connectivity index (χ3v) is 7.98. The van der Waals surface area contributed by atoms with E-state index in [0.29, 0.717) is 23.6 Å². The van der Waals surface area contributed by atoms with Crippen LogP contribution in [0.25, 0.3) is 32.3 Å². The molecule has 1 amide bonds. The summed E-state index contributed by atoms with van der Waals surface area (Å²) in [4.78, 5) is 37.6. The molecule has 0 spiro atoms. The SMILES string of the molecule is Cc1nc(CCCc2cc(C(=O)Nc3ccccc3-c3nc4cccnc4s3)nc(-c3ccccc3)n2)cs1. The van der Waals surface area contributed by atoms with Crippen LogP contribution < -0.4 is 5.32 Å². The van der Waals surface area contributed by atoms with Crippen LogP contribution in [-0.2, 0) is 12.8 Å². The van der Waals surface area contributed by atoms with Crippen LogP contribution in [0.3, 0.4) is 0 Å². The lowest BCUT2D eigenvalue weighted by Gasteiger charge is -2.11. The van der Waals surface area contributed by atoms with Crippen molar-refractivity contribution in [3.05, 3.63) is 106 Å². The number of carbonyl (C=O) groups excluding carboxylic acids is 1. The lowest BCUT2D eigenvalue weighted by atomic mass is 10.1. The molecule has 0 unspecified atom stereocenters. The molecular formula is C30H24N6OS2. The van der Waals surface area contributed by atoms with Crippen LogP contribution in [0.1, 0.15) is 33.3 Å². The van der Waals surface area contributed by atoms with Crippen LogP contribution in [0.2, 0.25) is 0 Å². The molecule has 0 bridgehead atoms. The fourth-order valence-corrected chi connectivity index (χ4v) is 5.88. The molecule has 192 valence electrons. The first kappa shape index (κ1) is 25.0. The molecule has 0 fully saturated rings. The van der Waals surface area contributed by atoms with Gasteiger partial charge in [0.15, 0.2) is 5.82 Å². The van der Waals surface area contributed by atoms with Gasteiger partial charge in [-0.2, -0.15) is 0 Å². The Kier molecular flexibility index (Phi) is 7.16. The summed E-state index contributed by atoms with van der Waals surface area (Å²) in [6.45, 7) is 2.02. The number of carbonyl (C=O) groups is 1. The third kappa shape index (κ3) is 5.74. The molecule has 1 N–H and O–H groups in total. The van der Waals surface area contributed by atoms with Crippen LogP contribution in [0, 0.1) is 6.92 Å². The van der Waals surface area contributed by atoms with Gasteiger partial charge in [-0.05, 0) is 56.5 Å². The quantitative estimate of drug-likeness (QED) is 0.220. The van der Waals surface area contributed by atoms with E-state index in [1.165, 1.54) is 11.3 Å². The maximum absolute atomic E-state index is 13.6. The van der Waals surface area contributed by atoms with Crippen molar-refractivity contribution in [1.82, 2.24) is 24.9 Å². The zero-order valence-electron chi connectivity index (χ0n) is 21.2. The van der Waals surface area contributed by atoms with Crippen LogP contribution in [0.4, 0.5) is 5.69 Å². The predicted octanol–water partition coefficient (Wildman–Crippen LogP) is 7.01. The number of nitrogens with one attached hydrogen (secondary N) is 1. The number of para-hydroxylation sites is 1. The lowest BCUT2D eigenvalue weighted by Crippen LogP contribution is -2.16. The molecule has 2 aromatic carbocycles. The summed E-state index contributed by atoms with van der Waals surface area (Å²) in [5, 5.41) is 7.03. The second kappa shape index (κ2) is 11.2. The minimum atomic E-state index is -0.294. The standard InChI is InChI=1S/C30H24N6OS2/c1-19-32-22(18-38-19)12-7-11-21-17-26(34-27(33-21)20-9-3-2-4-10-20)28(37)35-24-14-6-5-13-23(24)29-36-25-15-8-16-31-30(25)39-29/h2-6,8-10,13-18H,7,11-12H2,1H3,(H,35,37). The van der Waals surface area contributed by atoms with Crippen molar-refractivity contribution in [2.24, 2.45) is 0 Å². The summed E-state index contributed by atoms with van der Waals surface area (Å²) < 4.78 is 0. The van der Waals surface area contributed by atoms with Gasteiger partial charge >= 0.3 is 0 Å². The van der Waals surface area contributed by atoms with Crippen LogP contribution in [0.5, 0.6) is 0 Å². The molecule has 4 heterocycles. The number of hydrogen-bond donors (Lipinski definition) is 1. The van der Waals surface area contributed by atoms with E-state index in [4.69, 9.17) is 9.97 Å². The monoisotopic (exact) mass is 548 g/mol. The predicted molar refractivity (Wildman–Crippen MR) is 157 cm³/mol. The van der Waals surface area contributed by atoms with Crippen molar-refractivity contribution < 1.29 is 4.79 Å². The molecule has 4 aromatic heterocycles. The Morgan fingerprint density at radius 2 is 1.69 bits per heavy atom. The van der Waals surface area contributed by atoms with Gasteiger partial charge in [-0.15, -0.1) is 11.3 Å². The molecule has 0 radical (unpaired) electrons. The summed E-state index contributed by atoms with van der Waals surface area (Å²) in [6, 6.07) is 23.0. The molecule has 0 aliphatic carbocycles. The Bertz CT molecular complexity index is 1730. The van der Waals surface area contributed by atoms with E-state index in [0.717, 1.165) is 55.7 Å². The molecule has 0 aliphatic heterocycles. The Hall–Kier alpha value is -4.34. The van der Waals surface area contributed by atoms with Crippen molar-refractivity contribution in [3.8, 4) is 22.0 Å². The number of aromatic nitrogens is 5. The number of hydrogen-bond acceptors (Lipinski definition) is 8. The average molecular weight is 549 g/mol. The summed E-state index contributed by atoms with van der Waals surface area (Å²) in [5.74, 6) is 0.242. The van der Waals surface area contributed by atoms with E-state index in [9.17, 15) is 4.79 Å². The van der Waals surface area contributed by atoms with Crippen LogP contribution in [0.15, 0.2) is 84.4 Å². The van der Waals surface area contributed by atoms with E-state index in [1.807, 2.05) is 73.7 Å². The molecule has 7 nitrogen and oxygen atoms in total. The van der Waals surface area contributed by atoms with Crippen LogP contribution in [-0.4, -0.2) is 30.8 Å². The molecule has 0 atom stereocenters. The highest BCUT2D eigenvalue weighted by Crippen LogP contribution is 2.33. The fourth-order valence-electron chi connectivity index (χ4n) is 4.28. The number of aryl methyl sites for hydroxylation is 3. The molecule has 39 heavy (non-hydrogen) atoms. The van der Waals surface area contributed by atoms with E-state index >= 15 is 0 Å². The highest BCUT2D eigenvalue weighted by Gasteiger charge is 2.17. The molecular weight excluding hydrogens is 525 g/mol. The molecule has 0 saturated heterocycles. The lowest BCUT2D eigenvalue weighted by molar-refractivity contribution is 0.102. The summed E-state index contributed by atoms with van der Waals surface area (Å²) >= 11 is 3.16. The van der Waals surface area contributed by atoms with E-state index in [2.05, 4.69) is 25.6 Å². The minimum absolute atomic E-state index is 0.294. The smallest absolute Gasteiger partial charge is 0.274 e. The number of anilines is 1. The second-order valence-corrected chi connectivity index (χ2v) is 11.0. The number of pyridine rings is 1. The molecule has 0 aliphatic rings. The Morgan fingerprint density at radius 1 is 0.872 bits per heavy atom. The zero-order chi connectivity index (χ0) is 26.6. The fraction of sp³-hybridized carbons (Fsp3) is 0.133. The van der Waals surface area contributed by atoms with Gasteiger partial charge in [-0.1, -0.05) is 53.8 Å². The normalized spacial score (nSPS) is 11.1. The summed E-state index contributed by atoms with van der Waals surface area (Å²) in [5.41, 5.74) is 5.45. The van der Waals surface area contributed by atoms with Gasteiger partial charge in [0.1, 0.15) is 21.0 Å². The number of rotatable bonds is 8. The average Bonchev–Trinajstić information content (AvgIpc) is 3.59. The minimum Gasteiger partial charge on any atom is -0.320 e. The van der Waals surface area contributed by atoms with Crippen molar-refractivity contribution >= 4 is 44.6 Å². The van der Waals surface area contributed by atoms with Crippen molar-refractivity contribution in [2.45, 2.75) is 26.2 Å². The first-order valence-corrected chi connectivity index (χ1v) is 14.3. The van der Waals surface area contributed by atoms with Gasteiger partial charge in [-0.3, -0.25) is 4.79 Å². The van der Waals surface area contributed by atoms with E-state index in [-0.39, 0.29) is 5.91 Å². The van der Waals surface area contributed by atoms with Gasteiger partial charge in [0.2, 0.25) is 0 Å². The Morgan fingerprint density at radius 3 is 2.51 bits per heavy atom. The van der Waals surface area contributed by atoms with Gasteiger partial charge in [0, 0.05) is 28.4 Å². The summed E-state index contributed by atoms with van der Waals surface area (Å²) in [6.07, 6.45) is 4.21. The van der Waals surface area contributed by atoms with Crippen molar-refractivity contribution in [3.63, 3.8) is 0 Å². The number of thiazole rings is 2. The van der Waals surface area contributed by atoms with Gasteiger partial charge in [-0.25, -0.2) is 24.9 Å². The van der Waals surface area contributed by atoms with Crippen LogP contribution >= 0.6 is 22.7 Å². The maximum atomic E-state index is 13.6. The zero-order valence-corrected chi connectivity index (χ0v) is 22.8. The van der Waals surface area contributed by atoms with E-state index < -0.39 is 0 Å². The third-order valence-electron chi connectivity index (χ3n) is 6.15.